The fraction of sp³-hybridized carbons (Fsp3) is 0.0417. The lowest BCUT2D eigenvalue weighted by Crippen LogP contribution is -2.21. The minimum atomic E-state index is -0.392. The van der Waals surface area contributed by atoms with Crippen molar-refractivity contribution in [2.24, 2.45) is 5.10 Å². The summed E-state index contributed by atoms with van der Waals surface area (Å²) in [5.41, 5.74) is 2.68. The first-order chi connectivity index (χ1) is 15.8. The molecule has 5 rings (SSSR count). The molecule has 0 amide bonds. The lowest BCUT2D eigenvalue weighted by molar-refractivity contribution is 0.306. The van der Waals surface area contributed by atoms with Crippen LogP contribution in [0.25, 0.3) is 16.7 Å². The average molecular weight is 422 g/mol. The standard InChI is InChI=1S/C24H18N6O2/c31-24-22-16-25-29(20-9-5-2-6-10-20)23(22)27-28-30(24)26-15-18-11-13-21(14-12-18)32-17-19-7-3-1-4-8-19/h1-16H,17H2/b26-15-. The minimum Gasteiger partial charge on any atom is -0.489 e. The third-order valence-corrected chi connectivity index (χ3v) is 4.83. The van der Waals surface area contributed by atoms with Crippen LogP contribution < -0.4 is 10.3 Å². The SMILES string of the molecule is O=c1c2cnn(-c3ccccc3)c2nnn1/N=C\c1ccc(OCc2ccccc2)cc1. The van der Waals surface area contributed by atoms with Crippen molar-refractivity contribution in [2.75, 3.05) is 0 Å². The average Bonchev–Trinajstić information content (AvgIpc) is 3.29. The third-order valence-electron chi connectivity index (χ3n) is 4.83. The maximum atomic E-state index is 12.7. The van der Waals surface area contributed by atoms with Gasteiger partial charge in [0, 0.05) is 0 Å². The van der Waals surface area contributed by atoms with Crippen LogP contribution in [0, 0.1) is 0 Å². The lowest BCUT2D eigenvalue weighted by Gasteiger charge is -2.06. The van der Waals surface area contributed by atoms with Gasteiger partial charge in [0.1, 0.15) is 17.7 Å². The van der Waals surface area contributed by atoms with Gasteiger partial charge in [0.2, 0.25) is 0 Å². The van der Waals surface area contributed by atoms with Gasteiger partial charge in [-0.3, -0.25) is 4.79 Å². The number of nitrogens with zero attached hydrogens (tertiary/aromatic N) is 6. The normalized spacial score (nSPS) is 11.2. The number of aromatic nitrogens is 5. The fourth-order valence-electron chi connectivity index (χ4n) is 3.17. The van der Waals surface area contributed by atoms with Crippen LogP contribution in [0.5, 0.6) is 5.75 Å². The van der Waals surface area contributed by atoms with E-state index in [-0.39, 0.29) is 0 Å². The summed E-state index contributed by atoms with van der Waals surface area (Å²) < 4.78 is 7.36. The Morgan fingerprint density at radius 1 is 0.906 bits per heavy atom. The Labute approximate surface area is 183 Å². The minimum absolute atomic E-state index is 0.339. The molecule has 0 fully saturated rings. The molecule has 156 valence electrons. The Kier molecular flexibility index (Phi) is 5.24. The van der Waals surface area contributed by atoms with Crippen molar-refractivity contribution in [3.63, 3.8) is 0 Å². The first-order valence-corrected chi connectivity index (χ1v) is 9.98. The van der Waals surface area contributed by atoms with Crippen molar-refractivity contribution < 1.29 is 4.74 Å². The molecular weight excluding hydrogens is 404 g/mol. The number of para-hydroxylation sites is 1. The van der Waals surface area contributed by atoms with Crippen molar-refractivity contribution in [3.05, 3.63) is 113 Å². The smallest absolute Gasteiger partial charge is 0.302 e. The van der Waals surface area contributed by atoms with Crippen molar-refractivity contribution in [2.45, 2.75) is 6.61 Å². The van der Waals surface area contributed by atoms with Gasteiger partial charge in [0.15, 0.2) is 5.65 Å². The summed E-state index contributed by atoms with van der Waals surface area (Å²) in [6.07, 6.45) is 3.02. The maximum absolute atomic E-state index is 12.7. The van der Waals surface area contributed by atoms with Gasteiger partial charge in [0.05, 0.1) is 18.1 Å². The molecule has 5 aromatic rings. The second kappa shape index (κ2) is 8.65. The quantitative estimate of drug-likeness (QED) is 0.391. The van der Waals surface area contributed by atoms with E-state index >= 15 is 0 Å². The zero-order valence-electron chi connectivity index (χ0n) is 16.9. The number of rotatable bonds is 6. The predicted molar refractivity (Wildman–Crippen MR) is 121 cm³/mol. The van der Waals surface area contributed by atoms with E-state index in [0.717, 1.165) is 27.4 Å². The van der Waals surface area contributed by atoms with Gasteiger partial charge in [-0.05, 0) is 52.7 Å². The molecular formula is C24H18N6O2. The van der Waals surface area contributed by atoms with E-state index in [4.69, 9.17) is 4.74 Å². The van der Waals surface area contributed by atoms with E-state index in [1.54, 1.807) is 10.9 Å². The van der Waals surface area contributed by atoms with Crippen molar-refractivity contribution in [1.82, 2.24) is 24.9 Å². The third kappa shape index (κ3) is 4.01. The molecule has 2 aromatic heterocycles. The zero-order valence-corrected chi connectivity index (χ0v) is 16.9. The molecule has 32 heavy (non-hydrogen) atoms. The summed E-state index contributed by atoms with van der Waals surface area (Å²) in [5.74, 6) is 0.748. The second-order valence-corrected chi connectivity index (χ2v) is 7.00. The molecule has 0 unspecified atom stereocenters. The van der Waals surface area contributed by atoms with E-state index in [1.807, 2.05) is 84.9 Å². The molecule has 3 aromatic carbocycles. The van der Waals surface area contributed by atoms with Gasteiger partial charge in [-0.25, -0.2) is 4.68 Å². The van der Waals surface area contributed by atoms with Crippen LogP contribution >= 0.6 is 0 Å². The summed E-state index contributed by atoms with van der Waals surface area (Å²) in [6.45, 7) is 0.496. The van der Waals surface area contributed by atoms with Crippen LogP contribution in [-0.4, -0.2) is 31.1 Å². The second-order valence-electron chi connectivity index (χ2n) is 7.00. The summed E-state index contributed by atoms with van der Waals surface area (Å²) in [7, 11) is 0. The molecule has 0 spiro atoms. The van der Waals surface area contributed by atoms with Gasteiger partial charge in [0.25, 0.3) is 0 Å². The molecule has 0 aliphatic rings. The Balaban J connectivity index is 1.32. The predicted octanol–water partition coefficient (Wildman–Crippen LogP) is 3.44. The molecule has 8 heteroatoms. The largest absolute Gasteiger partial charge is 0.489 e. The van der Waals surface area contributed by atoms with Crippen LogP contribution in [0.1, 0.15) is 11.1 Å². The summed E-state index contributed by atoms with van der Waals surface area (Å²) in [4.78, 5) is 13.7. The highest BCUT2D eigenvalue weighted by Crippen LogP contribution is 2.14. The highest BCUT2D eigenvalue weighted by Gasteiger charge is 2.12. The molecule has 8 nitrogen and oxygen atoms in total. The first kappa shape index (κ1) is 19.4. The van der Waals surface area contributed by atoms with Crippen molar-refractivity contribution in [3.8, 4) is 11.4 Å². The maximum Gasteiger partial charge on any atom is 0.302 e. The first-order valence-electron chi connectivity index (χ1n) is 9.98. The van der Waals surface area contributed by atoms with E-state index in [1.165, 1.54) is 6.20 Å². The van der Waals surface area contributed by atoms with Gasteiger partial charge >= 0.3 is 5.56 Å². The van der Waals surface area contributed by atoms with Crippen LogP contribution in [0.15, 0.2) is 101 Å². The highest BCUT2D eigenvalue weighted by molar-refractivity contribution is 5.80. The zero-order chi connectivity index (χ0) is 21.8. The Morgan fingerprint density at radius 2 is 1.62 bits per heavy atom. The Hall–Kier alpha value is -4.59. The van der Waals surface area contributed by atoms with Gasteiger partial charge < -0.3 is 4.74 Å². The summed E-state index contributed by atoms with van der Waals surface area (Å²) in [5, 5.41) is 16.8. The molecule has 0 aliphatic heterocycles. The molecule has 0 bridgehead atoms. The lowest BCUT2D eigenvalue weighted by atomic mass is 10.2. The van der Waals surface area contributed by atoms with Crippen LogP contribution in [0.3, 0.4) is 0 Å². The van der Waals surface area contributed by atoms with Crippen molar-refractivity contribution >= 4 is 17.2 Å². The number of hydrogen-bond acceptors (Lipinski definition) is 6. The molecule has 0 aliphatic carbocycles. The fourth-order valence-corrected chi connectivity index (χ4v) is 3.17. The van der Waals surface area contributed by atoms with Gasteiger partial charge in [-0.1, -0.05) is 53.3 Å². The van der Waals surface area contributed by atoms with E-state index in [2.05, 4.69) is 20.5 Å². The number of hydrogen-bond donors (Lipinski definition) is 0. The molecule has 0 radical (unpaired) electrons. The molecule has 2 heterocycles. The van der Waals surface area contributed by atoms with E-state index < -0.39 is 5.56 Å². The number of ether oxygens (including phenoxy) is 1. The van der Waals surface area contributed by atoms with Gasteiger partial charge in [-0.2, -0.15) is 10.2 Å². The molecule has 0 saturated carbocycles. The van der Waals surface area contributed by atoms with Gasteiger partial charge in [-0.15, -0.1) is 5.10 Å². The number of benzene rings is 3. The van der Waals surface area contributed by atoms with E-state index in [0.29, 0.717) is 17.6 Å². The Morgan fingerprint density at radius 3 is 2.38 bits per heavy atom. The number of fused-ring (bicyclic) bond motifs is 1. The highest BCUT2D eigenvalue weighted by atomic mass is 16.5. The van der Waals surface area contributed by atoms with Crippen molar-refractivity contribution in [1.29, 1.82) is 0 Å². The summed E-state index contributed by atoms with van der Waals surface area (Å²) >= 11 is 0. The molecule has 0 N–H and O–H groups in total. The van der Waals surface area contributed by atoms with Crippen LogP contribution in [0.4, 0.5) is 0 Å². The van der Waals surface area contributed by atoms with Crippen LogP contribution in [0.2, 0.25) is 0 Å². The summed E-state index contributed by atoms with van der Waals surface area (Å²) in [6, 6.07) is 26.8. The van der Waals surface area contributed by atoms with Crippen LogP contribution in [-0.2, 0) is 6.61 Å². The monoisotopic (exact) mass is 422 g/mol. The topological polar surface area (TPSA) is 87.2 Å². The van der Waals surface area contributed by atoms with E-state index in [9.17, 15) is 4.79 Å². The molecule has 0 atom stereocenters. The Bertz CT molecular complexity index is 1420. The molecule has 0 saturated heterocycles.